The van der Waals surface area contributed by atoms with Crippen LogP contribution in [0.2, 0.25) is 0 Å². The first-order valence-electron chi connectivity index (χ1n) is 8.40. The molecule has 0 aliphatic carbocycles. The molecule has 0 spiro atoms. The Morgan fingerprint density at radius 1 is 1.26 bits per heavy atom. The Labute approximate surface area is 155 Å². The van der Waals surface area contributed by atoms with E-state index in [9.17, 15) is 14.9 Å². The number of fused-ring (bicyclic) bond motifs is 1. The van der Waals surface area contributed by atoms with Crippen LogP contribution < -0.4 is 4.74 Å². The zero-order chi connectivity index (χ0) is 19.6. The molecule has 0 aliphatic heterocycles. The van der Waals surface area contributed by atoms with Crippen LogP contribution in [0.25, 0.3) is 22.2 Å². The number of nitro benzene ring substituents is 1. The van der Waals surface area contributed by atoms with E-state index in [0.717, 1.165) is 0 Å². The summed E-state index contributed by atoms with van der Waals surface area (Å²) in [6.07, 6.45) is 0.254. The number of nitrogens with zero attached hydrogens (tertiary/aromatic N) is 2. The Hall–Kier alpha value is -3.66. The van der Waals surface area contributed by atoms with E-state index in [-0.39, 0.29) is 24.0 Å². The second-order valence-electron chi connectivity index (χ2n) is 6.58. The van der Waals surface area contributed by atoms with E-state index < -0.39 is 4.92 Å². The normalized spacial score (nSPS) is 10.7. The van der Waals surface area contributed by atoms with Gasteiger partial charge in [-0.25, -0.2) is 0 Å². The number of aromatic nitrogens is 1. The van der Waals surface area contributed by atoms with E-state index >= 15 is 0 Å². The van der Waals surface area contributed by atoms with Gasteiger partial charge in [0.2, 0.25) is 0 Å². The van der Waals surface area contributed by atoms with Crippen LogP contribution >= 0.6 is 0 Å². The molecule has 0 saturated carbocycles. The van der Waals surface area contributed by atoms with Gasteiger partial charge in [-0.05, 0) is 36.2 Å². The minimum Gasteiger partial charge on any atom is -0.424 e. The number of hydrogen-bond donors (Lipinski definition) is 1. The average molecular weight is 363 g/mol. The Bertz CT molecular complexity index is 1060. The maximum absolute atomic E-state index is 12.3. The predicted molar refractivity (Wildman–Crippen MR) is 100 cm³/mol. The third kappa shape index (κ3) is 3.80. The minimum absolute atomic E-state index is 0.0278. The first-order chi connectivity index (χ1) is 12.9. The molecule has 0 amide bonds. The molecule has 136 valence electrons. The van der Waals surface area contributed by atoms with E-state index in [0.29, 0.717) is 33.5 Å². The number of hydrogen-bond acceptors (Lipinski definition) is 5. The first kappa shape index (κ1) is 18.1. The number of carbonyl (C=O) groups excluding carboxylic acids is 1. The number of nitro groups is 1. The molecular formula is C20H17N3O4. The summed E-state index contributed by atoms with van der Waals surface area (Å²) >= 11 is 0. The van der Waals surface area contributed by atoms with Crippen molar-refractivity contribution in [2.45, 2.75) is 20.3 Å². The van der Waals surface area contributed by atoms with Crippen molar-refractivity contribution in [2.24, 2.45) is 5.92 Å². The van der Waals surface area contributed by atoms with Gasteiger partial charge in [0.05, 0.1) is 22.2 Å². The molecule has 1 heterocycles. The molecule has 3 aromatic rings. The molecule has 0 unspecified atom stereocenters. The molecule has 0 fully saturated rings. The predicted octanol–water partition coefficient (Wildman–Crippen LogP) is 4.57. The Morgan fingerprint density at radius 2 is 1.96 bits per heavy atom. The van der Waals surface area contributed by atoms with Gasteiger partial charge in [-0.1, -0.05) is 13.8 Å². The highest BCUT2D eigenvalue weighted by Gasteiger charge is 2.19. The molecule has 0 radical (unpaired) electrons. The maximum Gasteiger partial charge on any atom is 0.311 e. The fourth-order valence-electron chi connectivity index (χ4n) is 2.78. The van der Waals surface area contributed by atoms with Crippen molar-refractivity contribution in [3.8, 4) is 23.1 Å². The lowest BCUT2D eigenvalue weighted by Crippen LogP contribution is -2.11. The lowest BCUT2D eigenvalue weighted by molar-refractivity contribution is -0.384. The zero-order valence-corrected chi connectivity index (χ0v) is 14.9. The van der Waals surface area contributed by atoms with Crippen molar-refractivity contribution in [1.29, 1.82) is 5.26 Å². The van der Waals surface area contributed by atoms with E-state index in [1.165, 1.54) is 12.1 Å². The number of nitrogens with one attached hydrogen (secondary N) is 1. The van der Waals surface area contributed by atoms with Crippen LogP contribution in [0.3, 0.4) is 0 Å². The van der Waals surface area contributed by atoms with Crippen LogP contribution in [-0.4, -0.2) is 15.9 Å². The Balaban J connectivity index is 2.12. The van der Waals surface area contributed by atoms with Crippen molar-refractivity contribution in [2.75, 3.05) is 0 Å². The summed E-state index contributed by atoms with van der Waals surface area (Å²) in [7, 11) is 0. The standard InChI is InChI=1S/C20H17N3O4/c1-12(2)9-18(24)27-20-16-10-13(11-21)3-8-17(16)22-19(20)14-4-6-15(7-5-14)23(25)26/h3-8,10,12,22H,9H2,1-2H3. The van der Waals surface area contributed by atoms with Gasteiger partial charge in [-0.3, -0.25) is 14.9 Å². The molecule has 0 aliphatic rings. The van der Waals surface area contributed by atoms with Crippen LogP contribution in [0.1, 0.15) is 25.8 Å². The summed E-state index contributed by atoms with van der Waals surface area (Å²) < 4.78 is 5.63. The molecule has 0 bridgehead atoms. The number of esters is 1. The van der Waals surface area contributed by atoms with Crippen molar-refractivity contribution >= 4 is 22.6 Å². The van der Waals surface area contributed by atoms with Gasteiger partial charge in [-0.2, -0.15) is 5.26 Å². The van der Waals surface area contributed by atoms with E-state index in [1.54, 1.807) is 30.3 Å². The molecule has 0 saturated heterocycles. The highest BCUT2D eigenvalue weighted by atomic mass is 16.6. The second kappa shape index (κ2) is 7.30. The van der Waals surface area contributed by atoms with E-state index in [2.05, 4.69) is 11.1 Å². The van der Waals surface area contributed by atoms with Gasteiger partial charge in [0.15, 0.2) is 5.75 Å². The van der Waals surface area contributed by atoms with Gasteiger partial charge in [-0.15, -0.1) is 0 Å². The summed E-state index contributed by atoms with van der Waals surface area (Å²) in [5.74, 6) is 0.0817. The van der Waals surface area contributed by atoms with Crippen LogP contribution in [0.5, 0.6) is 5.75 Å². The third-order valence-corrected chi connectivity index (χ3v) is 4.04. The fourth-order valence-corrected chi connectivity index (χ4v) is 2.78. The smallest absolute Gasteiger partial charge is 0.311 e. The van der Waals surface area contributed by atoms with Gasteiger partial charge in [0, 0.05) is 35.0 Å². The number of rotatable bonds is 5. The lowest BCUT2D eigenvalue weighted by Gasteiger charge is -2.08. The van der Waals surface area contributed by atoms with E-state index in [1.807, 2.05) is 13.8 Å². The lowest BCUT2D eigenvalue weighted by atomic mass is 10.1. The summed E-state index contributed by atoms with van der Waals surface area (Å²) in [5, 5.41) is 20.6. The Morgan fingerprint density at radius 3 is 2.56 bits per heavy atom. The summed E-state index contributed by atoms with van der Waals surface area (Å²) in [5.41, 5.74) is 2.29. The second-order valence-corrected chi connectivity index (χ2v) is 6.58. The largest absolute Gasteiger partial charge is 0.424 e. The van der Waals surface area contributed by atoms with Crippen molar-refractivity contribution in [3.63, 3.8) is 0 Å². The summed E-state index contributed by atoms with van der Waals surface area (Å²) in [6.45, 7) is 3.84. The highest BCUT2D eigenvalue weighted by Crippen LogP contribution is 2.38. The number of nitriles is 1. The van der Waals surface area contributed by atoms with Gasteiger partial charge in [0.25, 0.3) is 5.69 Å². The topological polar surface area (TPSA) is 109 Å². The number of benzene rings is 2. The molecule has 7 heteroatoms. The molecule has 1 aromatic heterocycles. The van der Waals surface area contributed by atoms with Crippen molar-refractivity contribution in [1.82, 2.24) is 4.98 Å². The van der Waals surface area contributed by atoms with Crippen LogP contribution in [0, 0.1) is 27.4 Å². The van der Waals surface area contributed by atoms with Gasteiger partial charge in [0.1, 0.15) is 0 Å². The monoisotopic (exact) mass is 363 g/mol. The zero-order valence-electron chi connectivity index (χ0n) is 14.9. The van der Waals surface area contributed by atoms with Crippen LogP contribution in [0.15, 0.2) is 42.5 Å². The summed E-state index contributed by atoms with van der Waals surface area (Å²) in [6, 6.07) is 13.1. The molecule has 1 N–H and O–H groups in total. The third-order valence-electron chi connectivity index (χ3n) is 4.04. The summed E-state index contributed by atoms with van der Waals surface area (Å²) in [4.78, 5) is 25.8. The quantitative estimate of drug-likeness (QED) is 0.406. The number of non-ortho nitro benzene ring substituents is 1. The molecule has 0 atom stereocenters. The first-order valence-corrected chi connectivity index (χ1v) is 8.40. The van der Waals surface area contributed by atoms with E-state index in [4.69, 9.17) is 10.00 Å². The average Bonchev–Trinajstić information content (AvgIpc) is 2.98. The van der Waals surface area contributed by atoms with Crippen molar-refractivity contribution in [3.05, 3.63) is 58.1 Å². The molecule has 2 aromatic carbocycles. The molecule has 27 heavy (non-hydrogen) atoms. The molecular weight excluding hydrogens is 346 g/mol. The van der Waals surface area contributed by atoms with Crippen LogP contribution in [0.4, 0.5) is 5.69 Å². The number of ether oxygens (including phenoxy) is 1. The Kier molecular flexibility index (Phi) is 4.90. The maximum atomic E-state index is 12.3. The SMILES string of the molecule is CC(C)CC(=O)Oc1c(-c2ccc([N+](=O)[O-])cc2)[nH]c2ccc(C#N)cc12. The number of aromatic amines is 1. The molecule has 7 nitrogen and oxygen atoms in total. The van der Waals surface area contributed by atoms with Gasteiger partial charge < -0.3 is 9.72 Å². The minimum atomic E-state index is -0.474. The fraction of sp³-hybridized carbons (Fsp3) is 0.200. The van der Waals surface area contributed by atoms with Gasteiger partial charge >= 0.3 is 5.97 Å². The highest BCUT2D eigenvalue weighted by molar-refractivity contribution is 5.97. The van der Waals surface area contributed by atoms with Crippen LogP contribution in [-0.2, 0) is 4.79 Å². The van der Waals surface area contributed by atoms with Crippen molar-refractivity contribution < 1.29 is 14.5 Å². The number of H-pyrrole nitrogens is 1. The molecule has 3 rings (SSSR count). The number of carbonyl (C=O) groups is 1.